The Hall–Kier alpha value is -2.03. The molecule has 0 bridgehead atoms. The lowest BCUT2D eigenvalue weighted by Crippen LogP contribution is -2.37. The van der Waals surface area contributed by atoms with Crippen molar-refractivity contribution in [1.29, 1.82) is 0 Å². The van der Waals surface area contributed by atoms with Gasteiger partial charge in [-0.25, -0.2) is 12.8 Å². The summed E-state index contributed by atoms with van der Waals surface area (Å²) in [4.78, 5) is 3.07. The Labute approximate surface area is 117 Å². The first kappa shape index (κ1) is 13.9. The van der Waals surface area contributed by atoms with Crippen LogP contribution in [0.2, 0.25) is 0 Å². The van der Waals surface area contributed by atoms with Crippen LogP contribution in [0, 0.1) is 17.7 Å². The fourth-order valence-electron chi connectivity index (χ4n) is 2.23. The third kappa shape index (κ3) is 2.27. The summed E-state index contributed by atoms with van der Waals surface area (Å²) in [5.74, 6) is -4.80. The van der Waals surface area contributed by atoms with Gasteiger partial charge in [-0.3, -0.25) is 0 Å². The highest BCUT2D eigenvalue weighted by molar-refractivity contribution is 7.91. The fraction of sp³-hybridized carbons (Fsp3) is 0.250. The second-order valence-corrected chi connectivity index (χ2v) is 6.55. The van der Waals surface area contributed by atoms with E-state index in [2.05, 4.69) is 4.98 Å². The van der Waals surface area contributed by atoms with Gasteiger partial charge in [-0.1, -0.05) is 0 Å². The number of aromatic nitrogens is 1. The highest BCUT2D eigenvalue weighted by Crippen LogP contribution is 2.35. The van der Waals surface area contributed by atoms with Crippen LogP contribution in [0.15, 0.2) is 27.7 Å². The fourth-order valence-corrected chi connectivity index (χ4v) is 3.76. The minimum atomic E-state index is -4.10. The molecular weight excluding hydrogens is 309 g/mol. The van der Waals surface area contributed by atoms with Gasteiger partial charge in [0.05, 0.1) is 18.6 Å². The molecule has 0 fully saturated rings. The molecule has 0 atom stereocenters. The maximum atomic E-state index is 13.9. The van der Waals surface area contributed by atoms with Crippen LogP contribution < -0.4 is 4.90 Å². The quantitative estimate of drug-likeness (QED) is 0.791. The van der Waals surface area contributed by atoms with Gasteiger partial charge in [0.25, 0.3) is 5.95 Å². The van der Waals surface area contributed by atoms with Crippen LogP contribution in [0.25, 0.3) is 0 Å². The van der Waals surface area contributed by atoms with E-state index >= 15 is 0 Å². The van der Waals surface area contributed by atoms with Gasteiger partial charge in [0.2, 0.25) is 5.95 Å². The van der Waals surface area contributed by atoms with Crippen LogP contribution in [-0.4, -0.2) is 25.7 Å². The highest BCUT2D eigenvalue weighted by atomic mass is 32.2. The van der Waals surface area contributed by atoms with Crippen LogP contribution in [0.5, 0.6) is 0 Å². The van der Waals surface area contributed by atoms with Crippen molar-refractivity contribution in [1.82, 2.24) is 4.98 Å². The Balaban J connectivity index is 2.16. The molecule has 0 aromatic carbocycles. The summed E-state index contributed by atoms with van der Waals surface area (Å²) in [6, 6.07) is 3.21. The number of furan rings is 1. The Kier molecular flexibility index (Phi) is 3.16. The van der Waals surface area contributed by atoms with Crippen molar-refractivity contribution >= 4 is 15.5 Å². The maximum absolute atomic E-state index is 13.9. The molecule has 21 heavy (non-hydrogen) atoms. The molecule has 0 saturated heterocycles. The van der Waals surface area contributed by atoms with E-state index in [4.69, 9.17) is 4.42 Å². The Morgan fingerprint density at radius 1 is 1.29 bits per heavy atom. The Morgan fingerprint density at radius 3 is 2.71 bits per heavy atom. The summed E-state index contributed by atoms with van der Waals surface area (Å²) in [5, 5.41) is 0. The molecule has 0 N–H and O–H groups in total. The first-order chi connectivity index (χ1) is 9.90. The summed E-state index contributed by atoms with van der Waals surface area (Å²) in [7, 11) is -4.10. The van der Waals surface area contributed by atoms with E-state index in [1.807, 2.05) is 0 Å². The first-order valence-corrected chi connectivity index (χ1v) is 7.60. The summed E-state index contributed by atoms with van der Waals surface area (Å²) in [6.45, 7) is -0.0428. The second-order valence-electron chi connectivity index (χ2n) is 4.50. The van der Waals surface area contributed by atoms with E-state index in [0.29, 0.717) is 5.76 Å². The number of rotatable bonds is 2. The molecule has 0 aliphatic carbocycles. The largest absolute Gasteiger partial charge is 0.467 e. The predicted molar refractivity (Wildman–Crippen MR) is 65.9 cm³/mol. The molecule has 5 nitrogen and oxygen atoms in total. The molecule has 0 radical (unpaired) electrons. The molecule has 3 rings (SSSR count). The maximum Gasteiger partial charge on any atom is 0.253 e. The monoisotopic (exact) mass is 318 g/mol. The van der Waals surface area contributed by atoms with E-state index in [0.717, 1.165) is 0 Å². The van der Waals surface area contributed by atoms with E-state index in [1.165, 1.54) is 11.2 Å². The molecule has 1 aliphatic rings. The summed E-state index contributed by atoms with van der Waals surface area (Å²) < 4.78 is 69.7. The average molecular weight is 318 g/mol. The topological polar surface area (TPSA) is 63.4 Å². The first-order valence-electron chi connectivity index (χ1n) is 5.95. The van der Waals surface area contributed by atoms with E-state index in [1.54, 1.807) is 12.1 Å². The number of hydrogen-bond donors (Lipinski definition) is 0. The van der Waals surface area contributed by atoms with E-state index in [9.17, 15) is 21.6 Å². The van der Waals surface area contributed by atoms with Gasteiger partial charge in [-0.15, -0.1) is 0 Å². The lowest BCUT2D eigenvalue weighted by Gasteiger charge is -2.30. The van der Waals surface area contributed by atoms with Gasteiger partial charge in [-0.2, -0.15) is 13.8 Å². The smallest absolute Gasteiger partial charge is 0.253 e. The van der Waals surface area contributed by atoms with E-state index in [-0.39, 0.29) is 13.1 Å². The van der Waals surface area contributed by atoms with Gasteiger partial charge >= 0.3 is 0 Å². The molecule has 0 saturated carbocycles. The third-order valence-electron chi connectivity index (χ3n) is 3.17. The molecule has 112 valence electrons. The van der Waals surface area contributed by atoms with Crippen molar-refractivity contribution in [2.24, 2.45) is 0 Å². The minimum absolute atomic E-state index is 0.0270. The summed E-state index contributed by atoms with van der Waals surface area (Å²) in [6.07, 6.45) is 1.40. The van der Waals surface area contributed by atoms with Crippen molar-refractivity contribution in [2.45, 2.75) is 11.4 Å². The normalized spacial score (nSPS) is 16.8. The lowest BCUT2D eigenvalue weighted by atomic mass is 10.3. The van der Waals surface area contributed by atoms with Crippen LogP contribution in [0.4, 0.5) is 18.9 Å². The van der Waals surface area contributed by atoms with E-state index < -0.39 is 43.9 Å². The minimum Gasteiger partial charge on any atom is -0.467 e. The van der Waals surface area contributed by atoms with Gasteiger partial charge in [-0.05, 0) is 12.1 Å². The van der Waals surface area contributed by atoms with Crippen LogP contribution >= 0.6 is 0 Å². The lowest BCUT2D eigenvalue weighted by molar-refractivity contribution is 0.422. The third-order valence-corrected chi connectivity index (χ3v) is 4.89. The number of anilines is 1. The standard InChI is InChI=1S/C12H9F3N2O3S/c13-8-10-9(12(15)16-11(8)14)17(3-5-21(10,18)19)6-7-2-1-4-20-7/h1-2,4H,3,5-6H2. The molecule has 0 amide bonds. The zero-order valence-corrected chi connectivity index (χ0v) is 11.3. The number of sulfone groups is 1. The highest BCUT2D eigenvalue weighted by Gasteiger charge is 2.37. The summed E-state index contributed by atoms with van der Waals surface area (Å²) >= 11 is 0. The van der Waals surface area contributed by atoms with Gasteiger partial charge < -0.3 is 9.32 Å². The van der Waals surface area contributed by atoms with Crippen molar-refractivity contribution in [3.8, 4) is 0 Å². The molecule has 9 heteroatoms. The van der Waals surface area contributed by atoms with Crippen molar-refractivity contribution in [3.05, 3.63) is 41.9 Å². The van der Waals surface area contributed by atoms with Crippen LogP contribution in [0.1, 0.15) is 5.76 Å². The Morgan fingerprint density at radius 2 is 2.05 bits per heavy atom. The van der Waals surface area contributed by atoms with Gasteiger partial charge in [0.15, 0.2) is 15.7 Å². The van der Waals surface area contributed by atoms with Crippen molar-refractivity contribution < 1.29 is 26.0 Å². The molecule has 1 aliphatic heterocycles. The number of hydrogen-bond acceptors (Lipinski definition) is 5. The molecule has 0 unspecified atom stereocenters. The van der Waals surface area contributed by atoms with Crippen LogP contribution in [0.3, 0.4) is 0 Å². The second kappa shape index (κ2) is 4.76. The number of fused-ring (bicyclic) bond motifs is 1. The molecule has 3 heterocycles. The van der Waals surface area contributed by atoms with Crippen molar-refractivity contribution in [3.63, 3.8) is 0 Å². The SMILES string of the molecule is O=S1(=O)CCN(Cc2ccco2)c2c(F)nc(F)c(F)c21. The zero-order chi connectivity index (χ0) is 15.2. The van der Waals surface area contributed by atoms with Crippen molar-refractivity contribution in [2.75, 3.05) is 17.2 Å². The van der Waals surface area contributed by atoms with Crippen LogP contribution in [-0.2, 0) is 16.4 Å². The predicted octanol–water partition coefficient (Wildman–Crippen LogP) is 1.89. The van der Waals surface area contributed by atoms with Gasteiger partial charge in [0.1, 0.15) is 16.3 Å². The molecule has 2 aromatic rings. The molecule has 2 aromatic heterocycles. The molecular formula is C12H9F3N2O3S. The number of pyridine rings is 1. The average Bonchev–Trinajstić information content (AvgIpc) is 2.90. The Bertz CT molecular complexity index is 791. The summed E-state index contributed by atoms with van der Waals surface area (Å²) in [5.41, 5.74) is -0.559. The number of halogens is 3. The zero-order valence-electron chi connectivity index (χ0n) is 10.5. The van der Waals surface area contributed by atoms with Gasteiger partial charge in [0, 0.05) is 6.54 Å². The number of nitrogens with zero attached hydrogens (tertiary/aromatic N) is 2. The molecule has 0 spiro atoms.